The fourth-order valence-electron chi connectivity index (χ4n) is 4.09. The van der Waals surface area contributed by atoms with E-state index in [0.29, 0.717) is 32.0 Å². The number of methoxy groups -OCH3 is 1. The van der Waals surface area contributed by atoms with Gasteiger partial charge in [0, 0.05) is 32.1 Å². The van der Waals surface area contributed by atoms with Crippen LogP contribution in [0.5, 0.6) is 0 Å². The summed E-state index contributed by atoms with van der Waals surface area (Å²) < 4.78 is 5.17. The van der Waals surface area contributed by atoms with E-state index >= 15 is 0 Å². The van der Waals surface area contributed by atoms with Crippen molar-refractivity contribution >= 4 is 40.2 Å². The molecule has 2 heterocycles. The largest absolute Gasteiger partial charge is 0.383 e. The van der Waals surface area contributed by atoms with Crippen molar-refractivity contribution < 1.29 is 14.3 Å². The second kappa shape index (κ2) is 8.01. The molecule has 0 aliphatic carbocycles. The zero-order chi connectivity index (χ0) is 19.6. The van der Waals surface area contributed by atoms with Gasteiger partial charge in [-0.1, -0.05) is 36.4 Å². The van der Waals surface area contributed by atoms with E-state index in [4.69, 9.17) is 4.74 Å². The molecule has 1 N–H and O–H groups in total. The van der Waals surface area contributed by atoms with Crippen LogP contribution in [0.25, 0.3) is 10.8 Å². The number of carbonyl (C=O) groups excluding carboxylic acids is 2. The van der Waals surface area contributed by atoms with Crippen molar-refractivity contribution in [2.24, 2.45) is 0 Å². The lowest BCUT2D eigenvalue weighted by Crippen LogP contribution is -2.54. The Bertz CT molecular complexity index is 875. The van der Waals surface area contributed by atoms with Gasteiger partial charge in [-0.3, -0.25) is 4.79 Å². The summed E-state index contributed by atoms with van der Waals surface area (Å²) in [5.74, 6) is 0.696. The number of ether oxygens (including phenoxy) is 1. The first-order chi connectivity index (χ1) is 13.6. The molecule has 7 heteroatoms. The number of likely N-dealkylation sites (tertiary alicyclic amines) is 1. The Morgan fingerprint density at radius 2 is 1.93 bits per heavy atom. The van der Waals surface area contributed by atoms with Gasteiger partial charge >= 0.3 is 6.03 Å². The van der Waals surface area contributed by atoms with E-state index in [-0.39, 0.29) is 16.8 Å². The standard InChI is InChI=1S/C21H25N3O3S/c1-27-14-13-24-19(25)15-28-21(24)9-11-23(12-10-21)20(26)22-18-8-4-6-16-5-2-3-7-17(16)18/h2-8H,9-15H2,1H3,(H,22,26). The molecule has 2 saturated heterocycles. The molecule has 4 rings (SSSR count). The van der Waals surface area contributed by atoms with Crippen molar-refractivity contribution in [2.45, 2.75) is 17.7 Å². The van der Waals surface area contributed by atoms with Crippen molar-refractivity contribution in [1.82, 2.24) is 9.80 Å². The molecule has 0 saturated carbocycles. The van der Waals surface area contributed by atoms with Crippen LogP contribution in [0, 0.1) is 0 Å². The Hall–Kier alpha value is -2.25. The van der Waals surface area contributed by atoms with Crippen LogP contribution in [0.1, 0.15) is 12.8 Å². The quantitative estimate of drug-likeness (QED) is 0.856. The molecular weight excluding hydrogens is 374 g/mol. The van der Waals surface area contributed by atoms with Crippen molar-refractivity contribution in [3.05, 3.63) is 42.5 Å². The number of hydrogen-bond donors (Lipinski definition) is 1. The van der Waals surface area contributed by atoms with E-state index < -0.39 is 0 Å². The number of rotatable bonds is 4. The molecule has 0 aromatic heterocycles. The van der Waals surface area contributed by atoms with Crippen LogP contribution >= 0.6 is 11.8 Å². The maximum absolute atomic E-state index is 12.8. The van der Waals surface area contributed by atoms with Gasteiger partial charge in [-0.05, 0) is 24.3 Å². The van der Waals surface area contributed by atoms with Gasteiger partial charge in [0.2, 0.25) is 5.91 Å². The van der Waals surface area contributed by atoms with E-state index in [0.717, 1.165) is 29.3 Å². The van der Waals surface area contributed by atoms with Gasteiger partial charge in [0.05, 0.1) is 22.9 Å². The molecular formula is C21H25N3O3S. The van der Waals surface area contributed by atoms with Gasteiger partial charge in [-0.25, -0.2) is 4.79 Å². The Morgan fingerprint density at radius 3 is 2.71 bits per heavy atom. The highest BCUT2D eigenvalue weighted by molar-refractivity contribution is 8.01. The zero-order valence-electron chi connectivity index (χ0n) is 16.0. The number of nitrogens with zero attached hydrogens (tertiary/aromatic N) is 2. The molecule has 0 radical (unpaired) electrons. The van der Waals surface area contributed by atoms with E-state index in [9.17, 15) is 9.59 Å². The minimum absolute atomic E-state index is 0.0797. The number of thioether (sulfide) groups is 1. The molecule has 2 aliphatic rings. The van der Waals surface area contributed by atoms with Crippen LogP contribution in [0.4, 0.5) is 10.5 Å². The summed E-state index contributed by atoms with van der Waals surface area (Å²) in [6.45, 7) is 2.44. The number of hydrogen-bond acceptors (Lipinski definition) is 4. The summed E-state index contributed by atoms with van der Waals surface area (Å²) in [7, 11) is 1.65. The summed E-state index contributed by atoms with van der Waals surface area (Å²) >= 11 is 1.71. The summed E-state index contributed by atoms with van der Waals surface area (Å²) in [4.78, 5) is 28.8. The first-order valence-electron chi connectivity index (χ1n) is 9.60. The molecule has 2 fully saturated rings. The monoisotopic (exact) mass is 399 g/mol. The lowest BCUT2D eigenvalue weighted by atomic mass is 10.0. The fraction of sp³-hybridized carbons (Fsp3) is 0.429. The minimum atomic E-state index is -0.189. The second-order valence-electron chi connectivity index (χ2n) is 7.22. The lowest BCUT2D eigenvalue weighted by Gasteiger charge is -2.43. The normalized spacial score (nSPS) is 18.8. The molecule has 1 spiro atoms. The first-order valence-corrected chi connectivity index (χ1v) is 10.6. The topological polar surface area (TPSA) is 61.9 Å². The highest BCUT2D eigenvalue weighted by atomic mass is 32.2. The number of benzene rings is 2. The summed E-state index contributed by atoms with van der Waals surface area (Å²) in [6, 6.07) is 13.9. The molecule has 28 heavy (non-hydrogen) atoms. The average molecular weight is 400 g/mol. The third-order valence-electron chi connectivity index (χ3n) is 5.64. The van der Waals surface area contributed by atoms with Crippen molar-refractivity contribution in [3.8, 4) is 0 Å². The second-order valence-corrected chi connectivity index (χ2v) is 8.55. The van der Waals surface area contributed by atoms with Gasteiger partial charge in [0.15, 0.2) is 0 Å². The molecule has 6 nitrogen and oxygen atoms in total. The molecule has 2 aliphatic heterocycles. The number of urea groups is 1. The van der Waals surface area contributed by atoms with Gasteiger partial charge < -0.3 is 19.9 Å². The van der Waals surface area contributed by atoms with Gasteiger partial charge in [0.1, 0.15) is 0 Å². The molecule has 2 aromatic carbocycles. The number of piperidine rings is 1. The Balaban J connectivity index is 1.42. The van der Waals surface area contributed by atoms with E-state index in [1.54, 1.807) is 18.9 Å². The van der Waals surface area contributed by atoms with Crippen LogP contribution in [0.3, 0.4) is 0 Å². The third kappa shape index (κ3) is 3.56. The van der Waals surface area contributed by atoms with Crippen molar-refractivity contribution in [1.29, 1.82) is 0 Å². The molecule has 2 aromatic rings. The Labute approximate surface area is 169 Å². The Kier molecular flexibility index (Phi) is 5.46. The van der Waals surface area contributed by atoms with E-state index in [1.807, 2.05) is 52.3 Å². The van der Waals surface area contributed by atoms with Gasteiger partial charge in [-0.2, -0.15) is 0 Å². The summed E-state index contributed by atoms with van der Waals surface area (Å²) in [5.41, 5.74) is 0.829. The molecule has 148 valence electrons. The molecule has 0 bridgehead atoms. The van der Waals surface area contributed by atoms with Crippen LogP contribution in [0.2, 0.25) is 0 Å². The zero-order valence-corrected chi connectivity index (χ0v) is 16.8. The number of nitrogens with one attached hydrogen (secondary N) is 1. The smallest absolute Gasteiger partial charge is 0.321 e. The van der Waals surface area contributed by atoms with Crippen LogP contribution in [-0.2, 0) is 9.53 Å². The van der Waals surface area contributed by atoms with Gasteiger partial charge in [0.25, 0.3) is 0 Å². The summed E-state index contributed by atoms with van der Waals surface area (Å²) in [5, 5.41) is 5.21. The number of anilines is 1. The summed E-state index contributed by atoms with van der Waals surface area (Å²) in [6.07, 6.45) is 1.58. The molecule has 0 unspecified atom stereocenters. The maximum atomic E-state index is 12.8. The first kappa shape index (κ1) is 19.1. The number of amides is 3. The number of carbonyl (C=O) groups is 2. The van der Waals surface area contributed by atoms with Crippen molar-refractivity contribution in [2.75, 3.05) is 44.4 Å². The van der Waals surface area contributed by atoms with Crippen LogP contribution in [-0.4, -0.2) is 65.7 Å². The predicted molar refractivity (Wildman–Crippen MR) is 113 cm³/mol. The van der Waals surface area contributed by atoms with Crippen LogP contribution in [0.15, 0.2) is 42.5 Å². The Morgan fingerprint density at radius 1 is 1.18 bits per heavy atom. The number of fused-ring (bicyclic) bond motifs is 1. The highest BCUT2D eigenvalue weighted by Gasteiger charge is 2.48. The van der Waals surface area contributed by atoms with E-state index in [2.05, 4.69) is 5.32 Å². The fourth-order valence-corrected chi connectivity index (χ4v) is 5.46. The van der Waals surface area contributed by atoms with E-state index in [1.165, 1.54) is 0 Å². The molecule has 3 amide bonds. The highest BCUT2D eigenvalue weighted by Crippen LogP contribution is 2.44. The third-order valence-corrected chi connectivity index (χ3v) is 7.20. The van der Waals surface area contributed by atoms with Crippen molar-refractivity contribution in [3.63, 3.8) is 0 Å². The van der Waals surface area contributed by atoms with Crippen LogP contribution < -0.4 is 5.32 Å². The SMILES string of the molecule is COCCN1C(=O)CSC12CCN(C(=O)Nc1cccc3ccccc13)CC2. The average Bonchev–Trinajstić information content (AvgIpc) is 3.02. The van der Waals surface area contributed by atoms with Gasteiger partial charge in [-0.15, -0.1) is 11.8 Å². The predicted octanol–water partition coefficient (Wildman–Crippen LogP) is 3.39. The molecule has 0 atom stereocenters. The minimum Gasteiger partial charge on any atom is -0.383 e. The maximum Gasteiger partial charge on any atom is 0.321 e. The lowest BCUT2D eigenvalue weighted by molar-refractivity contribution is -0.131.